The van der Waals surface area contributed by atoms with Crippen molar-refractivity contribution in [3.05, 3.63) is 75.2 Å². The number of anilines is 1. The number of nitrogens with one attached hydrogen (secondary N) is 1. The van der Waals surface area contributed by atoms with E-state index in [1.54, 1.807) is 6.07 Å². The summed E-state index contributed by atoms with van der Waals surface area (Å²) in [5, 5.41) is 3.20. The number of aryl methyl sites for hydroxylation is 1. The third-order valence-electron chi connectivity index (χ3n) is 4.57. The molecule has 0 atom stereocenters. The highest BCUT2D eigenvalue weighted by Crippen LogP contribution is 2.33. The summed E-state index contributed by atoms with van der Waals surface area (Å²) in [6.45, 7) is 3.11. The minimum Gasteiger partial charge on any atom is -0.485 e. The highest BCUT2D eigenvalue weighted by atomic mass is 35.5. The van der Waals surface area contributed by atoms with Crippen LogP contribution in [-0.2, 0) is 6.61 Å². The Morgan fingerprint density at radius 1 is 1.06 bits per heavy atom. The van der Waals surface area contributed by atoms with Gasteiger partial charge >= 0.3 is 6.61 Å². The summed E-state index contributed by atoms with van der Waals surface area (Å²) in [5.74, 6) is 0.714. The largest absolute Gasteiger partial charge is 0.485 e. The van der Waals surface area contributed by atoms with E-state index >= 15 is 0 Å². The SMILES string of the molecule is Cc1cc(OCc2ccc(C(=O)Nc3ccc(OC(F)F)c(Cl)c3)o2)c(C(C)C)cc1Cl. The van der Waals surface area contributed by atoms with Gasteiger partial charge in [-0.1, -0.05) is 37.0 Å². The zero-order chi connectivity index (χ0) is 23.4. The van der Waals surface area contributed by atoms with Crippen molar-refractivity contribution in [3.8, 4) is 11.5 Å². The first-order valence-electron chi connectivity index (χ1n) is 9.71. The van der Waals surface area contributed by atoms with Crippen LogP contribution in [0.2, 0.25) is 10.0 Å². The molecule has 32 heavy (non-hydrogen) atoms. The van der Waals surface area contributed by atoms with Crippen LogP contribution < -0.4 is 14.8 Å². The van der Waals surface area contributed by atoms with Crippen LogP contribution in [0.3, 0.4) is 0 Å². The summed E-state index contributed by atoms with van der Waals surface area (Å²) in [6.07, 6.45) is 0. The van der Waals surface area contributed by atoms with Crippen molar-refractivity contribution in [3.63, 3.8) is 0 Å². The highest BCUT2D eigenvalue weighted by molar-refractivity contribution is 6.32. The molecule has 0 spiro atoms. The van der Waals surface area contributed by atoms with Gasteiger partial charge in [-0.25, -0.2) is 0 Å². The molecule has 0 aliphatic heterocycles. The Hall–Kier alpha value is -2.77. The van der Waals surface area contributed by atoms with Crippen LogP contribution in [0, 0.1) is 6.92 Å². The number of ether oxygens (including phenoxy) is 2. The topological polar surface area (TPSA) is 60.7 Å². The van der Waals surface area contributed by atoms with Crippen molar-refractivity contribution in [2.24, 2.45) is 0 Å². The molecule has 2 aromatic carbocycles. The molecule has 3 rings (SSSR count). The predicted octanol–water partition coefficient (Wildman–Crippen LogP) is 7.45. The van der Waals surface area contributed by atoms with Gasteiger partial charge in [0.2, 0.25) is 0 Å². The van der Waals surface area contributed by atoms with E-state index in [-0.39, 0.29) is 29.1 Å². The van der Waals surface area contributed by atoms with Gasteiger partial charge in [-0.3, -0.25) is 4.79 Å². The van der Waals surface area contributed by atoms with Crippen LogP contribution in [0.15, 0.2) is 46.9 Å². The van der Waals surface area contributed by atoms with Crippen molar-refractivity contribution in [2.45, 2.75) is 39.9 Å². The van der Waals surface area contributed by atoms with Gasteiger partial charge in [0.1, 0.15) is 23.9 Å². The van der Waals surface area contributed by atoms with E-state index in [0.29, 0.717) is 22.2 Å². The second-order valence-electron chi connectivity index (χ2n) is 7.33. The molecule has 3 aromatic rings. The van der Waals surface area contributed by atoms with Gasteiger partial charge in [0, 0.05) is 10.7 Å². The van der Waals surface area contributed by atoms with Gasteiger partial charge in [0.05, 0.1) is 5.02 Å². The lowest BCUT2D eigenvalue weighted by Crippen LogP contribution is -2.11. The van der Waals surface area contributed by atoms with E-state index in [1.165, 1.54) is 24.3 Å². The van der Waals surface area contributed by atoms with Gasteiger partial charge in [-0.15, -0.1) is 0 Å². The number of carbonyl (C=O) groups excluding carboxylic acids is 1. The molecule has 1 N–H and O–H groups in total. The molecule has 0 aliphatic rings. The van der Waals surface area contributed by atoms with E-state index in [2.05, 4.69) is 10.1 Å². The molecule has 0 radical (unpaired) electrons. The first-order chi connectivity index (χ1) is 15.1. The van der Waals surface area contributed by atoms with Gasteiger partial charge in [0.15, 0.2) is 5.76 Å². The summed E-state index contributed by atoms with van der Waals surface area (Å²) in [7, 11) is 0. The van der Waals surface area contributed by atoms with Crippen molar-refractivity contribution in [1.29, 1.82) is 0 Å². The van der Waals surface area contributed by atoms with Gasteiger partial charge < -0.3 is 19.2 Å². The van der Waals surface area contributed by atoms with Crippen LogP contribution >= 0.6 is 23.2 Å². The standard InChI is InChI=1S/C23H21Cl2F2NO4/c1-12(2)16-10-17(24)13(3)8-21(16)30-11-15-5-7-20(31-15)22(29)28-14-4-6-19(18(25)9-14)32-23(26)27/h4-10,12,23H,11H2,1-3H3,(H,28,29). The Morgan fingerprint density at radius 3 is 2.47 bits per heavy atom. The summed E-state index contributed by atoms with van der Waals surface area (Å²) in [6, 6.07) is 10.9. The number of halogens is 4. The number of alkyl halides is 2. The second kappa shape index (κ2) is 10.2. The number of benzene rings is 2. The average molecular weight is 484 g/mol. The fourth-order valence-corrected chi connectivity index (χ4v) is 3.33. The van der Waals surface area contributed by atoms with Gasteiger partial charge in [-0.2, -0.15) is 8.78 Å². The van der Waals surface area contributed by atoms with Crippen LogP contribution in [0.1, 0.15) is 47.2 Å². The number of hydrogen-bond acceptors (Lipinski definition) is 4. The van der Waals surface area contributed by atoms with E-state index < -0.39 is 12.5 Å². The lowest BCUT2D eigenvalue weighted by molar-refractivity contribution is -0.0497. The number of rotatable bonds is 8. The molecule has 1 aromatic heterocycles. The number of furan rings is 1. The lowest BCUT2D eigenvalue weighted by Gasteiger charge is -2.15. The maximum atomic E-state index is 12.4. The molecule has 0 unspecified atom stereocenters. The monoisotopic (exact) mass is 483 g/mol. The first kappa shape index (κ1) is 23.9. The molecule has 0 aliphatic carbocycles. The maximum Gasteiger partial charge on any atom is 0.387 e. The Morgan fingerprint density at radius 2 is 1.81 bits per heavy atom. The normalized spacial score (nSPS) is 11.2. The smallest absolute Gasteiger partial charge is 0.387 e. The number of hydrogen-bond donors (Lipinski definition) is 1. The molecule has 5 nitrogen and oxygen atoms in total. The summed E-state index contributed by atoms with van der Waals surface area (Å²) >= 11 is 12.1. The van der Waals surface area contributed by atoms with Crippen molar-refractivity contribution >= 4 is 34.8 Å². The number of carbonyl (C=O) groups is 1. The zero-order valence-electron chi connectivity index (χ0n) is 17.5. The van der Waals surface area contributed by atoms with E-state index in [0.717, 1.165) is 11.1 Å². The van der Waals surface area contributed by atoms with Crippen molar-refractivity contribution < 1.29 is 27.5 Å². The maximum absolute atomic E-state index is 12.4. The van der Waals surface area contributed by atoms with Crippen molar-refractivity contribution in [2.75, 3.05) is 5.32 Å². The van der Waals surface area contributed by atoms with Gasteiger partial charge in [-0.05, 0) is 66.4 Å². The van der Waals surface area contributed by atoms with E-state index in [9.17, 15) is 13.6 Å². The minimum atomic E-state index is -3.00. The summed E-state index contributed by atoms with van der Waals surface area (Å²) < 4.78 is 40.4. The van der Waals surface area contributed by atoms with Crippen LogP contribution in [0.4, 0.5) is 14.5 Å². The Balaban J connectivity index is 1.65. The molecule has 1 amide bonds. The fraction of sp³-hybridized carbons (Fsp3) is 0.261. The van der Waals surface area contributed by atoms with Crippen molar-refractivity contribution in [1.82, 2.24) is 0 Å². The van der Waals surface area contributed by atoms with Crippen LogP contribution in [0.5, 0.6) is 11.5 Å². The lowest BCUT2D eigenvalue weighted by atomic mass is 10.0. The molecule has 1 heterocycles. The molecular weight excluding hydrogens is 463 g/mol. The molecule has 170 valence electrons. The second-order valence-corrected chi connectivity index (χ2v) is 8.14. The minimum absolute atomic E-state index is 0.0593. The summed E-state index contributed by atoms with van der Waals surface area (Å²) in [5.41, 5.74) is 2.17. The molecular formula is C23H21Cl2F2NO4. The van der Waals surface area contributed by atoms with Crippen LogP contribution in [0.25, 0.3) is 0 Å². The van der Waals surface area contributed by atoms with Crippen LogP contribution in [-0.4, -0.2) is 12.5 Å². The highest BCUT2D eigenvalue weighted by Gasteiger charge is 2.16. The Labute approximate surface area is 194 Å². The molecule has 0 saturated carbocycles. The third-order valence-corrected chi connectivity index (χ3v) is 5.28. The molecule has 0 bridgehead atoms. The van der Waals surface area contributed by atoms with E-state index in [4.69, 9.17) is 32.4 Å². The fourth-order valence-electron chi connectivity index (χ4n) is 2.94. The Kier molecular flexibility index (Phi) is 7.64. The predicted molar refractivity (Wildman–Crippen MR) is 119 cm³/mol. The average Bonchev–Trinajstić information content (AvgIpc) is 3.19. The zero-order valence-corrected chi connectivity index (χ0v) is 19.1. The number of amides is 1. The molecule has 0 saturated heterocycles. The first-order valence-corrected chi connectivity index (χ1v) is 10.5. The quantitative estimate of drug-likeness (QED) is 0.361. The molecule has 0 fully saturated rings. The molecule has 9 heteroatoms. The third kappa shape index (κ3) is 5.93. The van der Waals surface area contributed by atoms with E-state index in [1.807, 2.05) is 32.9 Å². The Bertz CT molecular complexity index is 1120. The van der Waals surface area contributed by atoms with Gasteiger partial charge in [0.25, 0.3) is 5.91 Å². The summed E-state index contributed by atoms with van der Waals surface area (Å²) in [4.78, 5) is 12.4.